The van der Waals surface area contributed by atoms with E-state index < -0.39 is 10.1 Å². The SMILES string of the molecule is COC=CCc1cc(N)ccc1S(=O)(=O)O. The molecule has 1 aromatic carbocycles. The molecule has 0 aromatic heterocycles. The first-order valence-corrected chi connectivity index (χ1v) is 5.93. The number of ether oxygens (including phenoxy) is 1. The second-order valence-corrected chi connectivity index (χ2v) is 4.54. The summed E-state index contributed by atoms with van der Waals surface area (Å²) in [5, 5.41) is 0. The highest BCUT2D eigenvalue weighted by molar-refractivity contribution is 7.85. The van der Waals surface area contributed by atoms with Crippen LogP contribution >= 0.6 is 0 Å². The molecular formula is C10H13NO4S. The number of allylic oxidation sites excluding steroid dienone is 1. The van der Waals surface area contributed by atoms with Crippen LogP contribution in [0.2, 0.25) is 0 Å². The second-order valence-electron chi connectivity index (χ2n) is 3.15. The molecule has 0 saturated carbocycles. The number of nitrogen functional groups attached to an aromatic ring is 1. The molecule has 0 bridgehead atoms. The summed E-state index contributed by atoms with van der Waals surface area (Å²) in [5.74, 6) is 0. The monoisotopic (exact) mass is 243 g/mol. The molecule has 88 valence electrons. The Morgan fingerprint density at radius 1 is 1.50 bits per heavy atom. The van der Waals surface area contributed by atoms with E-state index in [2.05, 4.69) is 0 Å². The summed E-state index contributed by atoms with van der Waals surface area (Å²) in [7, 11) is -2.73. The normalized spacial score (nSPS) is 11.9. The fraction of sp³-hybridized carbons (Fsp3) is 0.200. The number of nitrogens with two attached hydrogens (primary N) is 1. The van der Waals surface area contributed by atoms with Gasteiger partial charge in [-0.3, -0.25) is 4.55 Å². The van der Waals surface area contributed by atoms with Crippen LogP contribution in [0.3, 0.4) is 0 Å². The van der Waals surface area contributed by atoms with Gasteiger partial charge in [0.1, 0.15) is 0 Å². The fourth-order valence-corrected chi connectivity index (χ4v) is 2.00. The molecule has 0 atom stereocenters. The van der Waals surface area contributed by atoms with E-state index in [1.807, 2.05) is 0 Å². The molecule has 1 aromatic rings. The summed E-state index contributed by atoms with van der Waals surface area (Å²) in [5.41, 5.74) is 6.41. The number of hydrogen-bond acceptors (Lipinski definition) is 4. The van der Waals surface area contributed by atoms with Crippen LogP contribution in [0.15, 0.2) is 35.4 Å². The van der Waals surface area contributed by atoms with E-state index >= 15 is 0 Å². The lowest BCUT2D eigenvalue weighted by atomic mass is 10.1. The molecule has 0 aliphatic carbocycles. The molecule has 0 amide bonds. The molecule has 0 spiro atoms. The highest BCUT2D eigenvalue weighted by Gasteiger charge is 2.14. The van der Waals surface area contributed by atoms with Gasteiger partial charge in [0.25, 0.3) is 10.1 Å². The molecule has 0 saturated heterocycles. The topological polar surface area (TPSA) is 89.6 Å². The predicted molar refractivity (Wildman–Crippen MR) is 60.5 cm³/mol. The van der Waals surface area contributed by atoms with Crippen molar-refractivity contribution >= 4 is 15.8 Å². The molecule has 5 nitrogen and oxygen atoms in total. The summed E-state index contributed by atoms with van der Waals surface area (Å²) in [6.07, 6.45) is 3.37. The zero-order chi connectivity index (χ0) is 12.2. The quantitative estimate of drug-likeness (QED) is 0.471. The lowest BCUT2D eigenvalue weighted by molar-refractivity contribution is 0.336. The van der Waals surface area contributed by atoms with E-state index in [4.69, 9.17) is 15.0 Å². The lowest BCUT2D eigenvalue weighted by Gasteiger charge is -2.05. The Balaban J connectivity index is 3.14. The van der Waals surface area contributed by atoms with Gasteiger partial charge in [0.05, 0.1) is 18.3 Å². The molecule has 0 aliphatic heterocycles. The predicted octanol–water partition coefficient (Wildman–Crippen LogP) is 1.22. The van der Waals surface area contributed by atoms with Crippen LogP contribution < -0.4 is 5.73 Å². The van der Waals surface area contributed by atoms with Gasteiger partial charge in [-0.15, -0.1) is 0 Å². The second kappa shape index (κ2) is 5.00. The molecule has 16 heavy (non-hydrogen) atoms. The van der Waals surface area contributed by atoms with Gasteiger partial charge in [-0.25, -0.2) is 0 Å². The third-order valence-corrected chi connectivity index (χ3v) is 2.89. The number of benzene rings is 1. The largest absolute Gasteiger partial charge is 0.505 e. The van der Waals surface area contributed by atoms with Crippen molar-refractivity contribution in [3.63, 3.8) is 0 Å². The Morgan fingerprint density at radius 3 is 2.75 bits per heavy atom. The molecule has 6 heteroatoms. The van der Waals surface area contributed by atoms with Gasteiger partial charge in [0.2, 0.25) is 0 Å². The van der Waals surface area contributed by atoms with Crippen LogP contribution in [0.1, 0.15) is 5.56 Å². The Kier molecular flexibility index (Phi) is 3.92. The van der Waals surface area contributed by atoms with Crippen LogP contribution in [0, 0.1) is 0 Å². The van der Waals surface area contributed by atoms with Gasteiger partial charge in [-0.1, -0.05) is 0 Å². The molecular weight excluding hydrogens is 230 g/mol. The van der Waals surface area contributed by atoms with E-state index in [9.17, 15) is 8.42 Å². The van der Waals surface area contributed by atoms with Gasteiger partial charge in [-0.2, -0.15) is 8.42 Å². The van der Waals surface area contributed by atoms with Crippen molar-refractivity contribution in [3.8, 4) is 0 Å². The van der Waals surface area contributed by atoms with Crippen molar-refractivity contribution in [1.82, 2.24) is 0 Å². The first kappa shape index (κ1) is 12.5. The average Bonchev–Trinajstić information content (AvgIpc) is 2.16. The minimum Gasteiger partial charge on any atom is -0.505 e. The molecule has 3 N–H and O–H groups in total. The van der Waals surface area contributed by atoms with Crippen LogP contribution in [0.25, 0.3) is 0 Å². The third-order valence-electron chi connectivity index (χ3n) is 1.93. The van der Waals surface area contributed by atoms with Gasteiger partial charge >= 0.3 is 0 Å². The summed E-state index contributed by atoms with van der Waals surface area (Å²) < 4.78 is 35.8. The smallest absolute Gasteiger partial charge is 0.294 e. The number of methoxy groups -OCH3 is 1. The van der Waals surface area contributed by atoms with Gasteiger partial charge in [0.15, 0.2) is 0 Å². The first-order valence-electron chi connectivity index (χ1n) is 4.49. The van der Waals surface area contributed by atoms with E-state index in [-0.39, 0.29) is 4.90 Å². The number of anilines is 1. The van der Waals surface area contributed by atoms with Gasteiger partial charge in [0, 0.05) is 5.69 Å². The average molecular weight is 243 g/mol. The standard InChI is InChI=1S/C10H13NO4S/c1-15-6-2-3-8-7-9(11)4-5-10(8)16(12,13)14/h2,4-7H,3,11H2,1H3,(H,12,13,14). The first-order chi connectivity index (χ1) is 7.45. The van der Waals surface area contributed by atoms with Crippen LogP contribution in [0.4, 0.5) is 5.69 Å². The van der Waals surface area contributed by atoms with E-state index in [0.29, 0.717) is 17.7 Å². The molecule has 1 rings (SSSR count). The van der Waals surface area contributed by atoms with Crippen LogP contribution in [0.5, 0.6) is 0 Å². The van der Waals surface area contributed by atoms with Crippen LogP contribution in [-0.4, -0.2) is 20.1 Å². The maximum Gasteiger partial charge on any atom is 0.294 e. The highest BCUT2D eigenvalue weighted by atomic mass is 32.2. The zero-order valence-electron chi connectivity index (χ0n) is 8.75. The van der Waals surface area contributed by atoms with Gasteiger partial charge in [-0.05, 0) is 36.3 Å². The molecule has 0 aliphatic rings. The Bertz CT molecular complexity index is 494. The zero-order valence-corrected chi connectivity index (χ0v) is 9.57. The maximum atomic E-state index is 11.1. The third kappa shape index (κ3) is 3.25. The van der Waals surface area contributed by atoms with Crippen molar-refractivity contribution in [2.24, 2.45) is 0 Å². The summed E-state index contributed by atoms with van der Waals surface area (Å²) in [4.78, 5) is -0.137. The van der Waals surface area contributed by atoms with Crippen molar-refractivity contribution in [2.75, 3.05) is 12.8 Å². The summed E-state index contributed by atoms with van der Waals surface area (Å²) in [6, 6.07) is 4.20. The number of hydrogen-bond donors (Lipinski definition) is 2. The molecule has 0 fully saturated rings. The summed E-state index contributed by atoms with van der Waals surface area (Å²) >= 11 is 0. The van der Waals surface area contributed by atoms with E-state index in [0.717, 1.165) is 0 Å². The van der Waals surface area contributed by atoms with Crippen molar-refractivity contribution in [1.29, 1.82) is 0 Å². The van der Waals surface area contributed by atoms with Crippen LogP contribution in [-0.2, 0) is 21.3 Å². The molecule has 0 radical (unpaired) electrons. The highest BCUT2D eigenvalue weighted by Crippen LogP contribution is 2.19. The molecule has 0 unspecified atom stereocenters. The van der Waals surface area contributed by atoms with Gasteiger partial charge < -0.3 is 10.5 Å². The summed E-state index contributed by atoms with van der Waals surface area (Å²) in [6.45, 7) is 0. The van der Waals surface area contributed by atoms with Crippen molar-refractivity contribution in [3.05, 3.63) is 36.1 Å². The number of rotatable bonds is 4. The minimum atomic E-state index is -4.22. The molecule has 0 heterocycles. The lowest BCUT2D eigenvalue weighted by Crippen LogP contribution is -2.03. The van der Waals surface area contributed by atoms with E-state index in [1.165, 1.54) is 31.6 Å². The van der Waals surface area contributed by atoms with Crippen molar-refractivity contribution < 1.29 is 17.7 Å². The fourth-order valence-electron chi connectivity index (χ4n) is 1.28. The Morgan fingerprint density at radius 2 is 2.19 bits per heavy atom. The Labute approximate surface area is 94.3 Å². The Hall–Kier alpha value is -1.53. The van der Waals surface area contributed by atoms with E-state index in [1.54, 1.807) is 6.08 Å². The minimum absolute atomic E-state index is 0.137. The maximum absolute atomic E-state index is 11.1. The van der Waals surface area contributed by atoms with Crippen molar-refractivity contribution in [2.45, 2.75) is 11.3 Å².